The van der Waals surface area contributed by atoms with Crippen LogP contribution in [0, 0.1) is 11.8 Å². The average molecular weight is 398 g/mol. The Morgan fingerprint density at radius 2 is 1.96 bits per heavy atom. The normalized spacial score (nSPS) is 15.3. The molecular formula is C20H32ClN3O3. The van der Waals surface area contributed by atoms with Crippen LogP contribution in [0.4, 0.5) is 0 Å². The maximum atomic E-state index is 12.2. The van der Waals surface area contributed by atoms with Crippen LogP contribution in [0.25, 0.3) is 0 Å². The number of rotatable bonds is 9. The van der Waals surface area contributed by atoms with Gasteiger partial charge in [-0.3, -0.25) is 9.59 Å². The summed E-state index contributed by atoms with van der Waals surface area (Å²) in [5, 5.41) is 9.04. The summed E-state index contributed by atoms with van der Waals surface area (Å²) in [5.74, 6) is 1.62. The lowest BCUT2D eigenvalue weighted by molar-refractivity contribution is -0.123. The number of ether oxygens (including phenoxy) is 1. The van der Waals surface area contributed by atoms with Crippen LogP contribution < -0.4 is 20.7 Å². The van der Waals surface area contributed by atoms with Gasteiger partial charge in [-0.1, -0.05) is 19.1 Å². The van der Waals surface area contributed by atoms with E-state index < -0.39 is 0 Å². The first kappa shape index (κ1) is 23.2. The SMILES string of the molecule is CCNC(=O)COc1cccc(CNC(=O)CC(C)C2CCNCC2)c1.Cl. The zero-order valence-electron chi connectivity index (χ0n) is 16.3. The number of benzene rings is 1. The molecule has 7 heteroatoms. The summed E-state index contributed by atoms with van der Waals surface area (Å²) < 4.78 is 5.48. The van der Waals surface area contributed by atoms with Crippen molar-refractivity contribution in [1.82, 2.24) is 16.0 Å². The Labute approximate surface area is 168 Å². The van der Waals surface area contributed by atoms with Gasteiger partial charge in [0.15, 0.2) is 6.61 Å². The lowest BCUT2D eigenvalue weighted by Gasteiger charge is -2.27. The number of amides is 2. The van der Waals surface area contributed by atoms with Crippen LogP contribution in [-0.4, -0.2) is 38.1 Å². The number of hydrogen-bond donors (Lipinski definition) is 3. The Morgan fingerprint density at radius 1 is 1.22 bits per heavy atom. The number of piperidine rings is 1. The molecule has 6 nitrogen and oxygen atoms in total. The zero-order valence-corrected chi connectivity index (χ0v) is 17.1. The third-order valence-corrected chi connectivity index (χ3v) is 4.83. The summed E-state index contributed by atoms with van der Waals surface area (Å²) in [4.78, 5) is 23.7. The molecule has 1 aromatic carbocycles. The molecule has 1 unspecified atom stereocenters. The predicted molar refractivity (Wildman–Crippen MR) is 109 cm³/mol. The first-order chi connectivity index (χ1) is 12.6. The molecule has 27 heavy (non-hydrogen) atoms. The van der Waals surface area contributed by atoms with Gasteiger partial charge in [-0.15, -0.1) is 12.4 Å². The largest absolute Gasteiger partial charge is 0.484 e. The molecule has 1 aromatic rings. The Morgan fingerprint density at radius 3 is 2.67 bits per heavy atom. The van der Waals surface area contributed by atoms with Crippen molar-refractivity contribution in [2.45, 2.75) is 39.7 Å². The highest BCUT2D eigenvalue weighted by atomic mass is 35.5. The molecule has 152 valence electrons. The second-order valence-corrected chi connectivity index (χ2v) is 6.94. The predicted octanol–water partition coefficient (Wildman–Crippen LogP) is 2.27. The van der Waals surface area contributed by atoms with E-state index >= 15 is 0 Å². The summed E-state index contributed by atoms with van der Waals surface area (Å²) >= 11 is 0. The third kappa shape index (κ3) is 8.63. The van der Waals surface area contributed by atoms with Crippen LogP contribution >= 0.6 is 12.4 Å². The average Bonchev–Trinajstić information content (AvgIpc) is 2.66. The number of halogens is 1. The molecule has 1 aliphatic rings. The topological polar surface area (TPSA) is 79.5 Å². The lowest BCUT2D eigenvalue weighted by Crippen LogP contribution is -2.33. The van der Waals surface area contributed by atoms with Crippen molar-refractivity contribution in [3.63, 3.8) is 0 Å². The van der Waals surface area contributed by atoms with E-state index in [1.54, 1.807) is 0 Å². The highest BCUT2D eigenvalue weighted by Crippen LogP contribution is 2.24. The second-order valence-electron chi connectivity index (χ2n) is 6.94. The number of carbonyl (C=O) groups is 2. The molecule has 1 fully saturated rings. The van der Waals surface area contributed by atoms with Gasteiger partial charge >= 0.3 is 0 Å². The first-order valence-corrected chi connectivity index (χ1v) is 9.54. The van der Waals surface area contributed by atoms with E-state index in [0.717, 1.165) is 31.5 Å². The lowest BCUT2D eigenvalue weighted by atomic mass is 9.84. The molecule has 0 aromatic heterocycles. The summed E-state index contributed by atoms with van der Waals surface area (Å²) in [5.41, 5.74) is 0.960. The zero-order chi connectivity index (χ0) is 18.8. The summed E-state index contributed by atoms with van der Waals surface area (Å²) in [7, 11) is 0. The fraction of sp³-hybridized carbons (Fsp3) is 0.600. The molecule has 2 amide bonds. The molecule has 1 atom stereocenters. The van der Waals surface area contributed by atoms with E-state index in [9.17, 15) is 9.59 Å². The quantitative estimate of drug-likeness (QED) is 0.597. The van der Waals surface area contributed by atoms with Gasteiger partial charge in [0.1, 0.15) is 5.75 Å². The molecule has 2 rings (SSSR count). The highest BCUT2D eigenvalue weighted by molar-refractivity contribution is 5.85. The van der Waals surface area contributed by atoms with E-state index in [4.69, 9.17) is 4.74 Å². The van der Waals surface area contributed by atoms with Gasteiger partial charge < -0.3 is 20.7 Å². The fourth-order valence-electron chi connectivity index (χ4n) is 3.29. The van der Waals surface area contributed by atoms with Crippen LogP contribution in [0.5, 0.6) is 5.75 Å². The van der Waals surface area contributed by atoms with Crippen LogP contribution in [-0.2, 0) is 16.1 Å². The maximum Gasteiger partial charge on any atom is 0.257 e. The maximum absolute atomic E-state index is 12.2. The van der Waals surface area contributed by atoms with E-state index in [1.165, 1.54) is 0 Å². The van der Waals surface area contributed by atoms with Crippen molar-refractivity contribution in [2.75, 3.05) is 26.2 Å². The number of hydrogen-bond acceptors (Lipinski definition) is 4. The molecule has 0 radical (unpaired) electrons. The van der Waals surface area contributed by atoms with Crippen molar-refractivity contribution in [3.05, 3.63) is 29.8 Å². The van der Waals surface area contributed by atoms with E-state index in [-0.39, 0.29) is 30.8 Å². The standard InChI is InChI=1S/C20H31N3O3.ClH/c1-3-22-20(25)14-26-18-6-4-5-16(12-18)13-23-19(24)11-15(2)17-7-9-21-10-8-17;/h4-6,12,15,17,21H,3,7-11,13-14H2,1-2H3,(H,22,25)(H,23,24);1H. The Kier molecular flexibility index (Phi) is 10.8. The molecule has 1 aliphatic heterocycles. The van der Waals surface area contributed by atoms with Gasteiger partial charge in [0.05, 0.1) is 0 Å². The molecule has 0 spiro atoms. The smallest absolute Gasteiger partial charge is 0.257 e. The van der Waals surface area contributed by atoms with Crippen LogP contribution in [0.15, 0.2) is 24.3 Å². The number of likely N-dealkylation sites (N-methyl/N-ethyl adjacent to an activating group) is 1. The van der Waals surface area contributed by atoms with Crippen molar-refractivity contribution in [3.8, 4) is 5.75 Å². The van der Waals surface area contributed by atoms with Gasteiger partial charge in [-0.2, -0.15) is 0 Å². The third-order valence-electron chi connectivity index (χ3n) is 4.83. The molecule has 1 heterocycles. The highest BCUT2D eigenvalue weighted by Gasteiger charge is 2.21. The minimum absolute atomic E-state index is 0. The van der Waals surface area contributed by atoms with Crippen molar-refractivity contribution >= 4 is 24.2 Å². The van der Waals surface area contributed by atoms with Gasteiger partial charge in [0, 0.05) is 19.5 Å². The Balaban J connectivity index is 0.00000364. The number of carbonyl (C=O) groups excluding carboxylic acids is 2. The van der Waals surface area contributed by atoms with Crippen LogP contribution in [0.1, 0.15) is 38.7 Å². The van der Waals surface area contributed by atoms with Crippen molar-refractivity contribution in [2.24, 2.45) is 11.8 Å². The van der Waals surface area contributed by atoms with Gasteiger partial charge in [0.2, 0.25) is 5.91 Å². The molecule has 0 bridgehead atoms. The molecule has 1 saturated heterocycles. The minimum Gasteiger partial charge on any atom is -0.484 e. The summed E-state index contributed by atoms with van der Waals surface area (Å²) in [6.45, 7) is 7.20. The van der Waals surface area contributed by atoms with Crippen LogP contribution in [0.3, 0.4) is 0 Å². The van der Waals surface area contributed by atoms with Crippen molar-refractivity contribution in [1.29, 1.82) is 0 Å². The fourth-order valence-corrected chi connectivity index (χ4v) is 3.29. The van der Waals surface area contributed by atoms with Gasteiger partial charge in [-0.05, 0) is 62.4 Å². The molecule has 0 saturated carbocycles. The Bertz CT molecular complexity index is 592. The summed E-state index contributed by atoms with van der Waals surface area (Å²) in [6, 6.07) is 7.47. The second kappa shape index (κ2) is 12.6. The monoisotopic (exact) mass is 397 g/mol. The van der Waals surface area contributed by atoms with E-state index in [0.29, 0.717) is 37.1 Å². The molecular weight excluding hydrogens is 366 g/mol. The Hall–Kier alpha value is -1.79. The summed E-state index contributed by atoms with van der Waals surface area (Å²) in [6.07, 6.45) is 2.87. The molecule has 3 N–H and O–H groups in total. The van der Waals surface area contributed by atoms with E-state index in [1.807, 2.05) is 31.2 Å². The first-order valence-electron chi connectivity index (χ1n) is 9.54. The minimum atomic E-state index is -0.141. The van der Waals surface area contributed by atoms with Gasteiger partial charge in [-0.25, -0.2) is 0 Å². The van der Waals surface area contributed by atoms with Crippen molar-refractivity contribution < 1.29 is 14.3 Å². The van der Waals surface area contributed by atoms with Crippen LogP contribution in [0.2, 0.25) is 0 Å². The molecule has 0 aliphatic carbocycles. The van der Waals surface area contributed by atoms with E-state index in [2.05, 4.69) is 22.9 Å². The number of nitrogens with one attached hydrogen (secondary N) is 3. The van der Waals surface area contributed by atoms with Gasteiger partial charge in [0.25, 0.3) is 5.91 Å².